The van der Waals surface area contributed by atoms with Crippen molar-refractivity contribution in [3.8, 4) is 11.6 Å². The molecule has 3 aromatic heterocycles. The minimum atomic E-state index is 0.323. The SMILES string of the molecule is CO[C@@H]1CCC[C@@H](n2c(CC(C)C)nc3cnc(-c4ncc(C)o4)cc32)C1. The van der Waals surface area contributed by atoms with Crippen molar-refractivity contribution in [2.75, 3.05) is 7.11 Å². The summed E-state index contributed by atoms with van der Waals surface area (Å²) in [6.07, 6.45) is 9.37. The Morgan fingerprint density at radius 2 is 2.11 bits per heavy atom. The lowest BCUT2D eigenvalue weighted by Crippen LogP contribution is -2.25. The van der Waals surface area contributed by atoms with Gasteiger partial charge in [0, 0.05) is 19.6 Å². The maximum atomic E-state index is 5.69. The molecule has 1 aliphatic carbocycles. The fourth-order valence-corrected chi connectivity index (χ4v) is 4.12. The van der Waals surface area contributed by atoms with E-state index in [1.165, 1.54) is 6.42 Å². The number of aryl methyl sites for hydroxylation is 1. The molecule has 4 rings (SSSR count). The summed E-state index contributed by atoms with van der Waals surface area (Å²) in [4.78, 5) is 13.8. The summed E-state index contributed by atoms with van der Waals surface area (Å²) in [6.45, 7) is 6.37. The van der Waals surface area contributed by atoms with Gasteiger partial charge in [-0.2, -0.15) is 0 Å². The highest BCUT2D eigenvalue weighted by Crippen LogP contribution is 2.35. The van der Waals surface area contributed by atoms with Gasteiger partial charge in [-0.15, -0.1) is 0 Å². The van der Waals surface area contributed by atoms with Crippen LogP contribution in [-0.4, -0.2) is 32.7 Å². The van der Waals surface area contributed by atoms with Crippen molar-refractivity contribution >= 4 is 11.0 Å². The van der Waals surface area contributed by atoms with Gasteiger partial charge in [-0.25, -0.2) is 15.0 Å². The van der Waals surface area contributed by atoms with E-state index in [1.54, 1.807) is 6.20 Å². The summed E-state index contributed by atoms with van der Waals surface area (Å²) in [5, 5.41) is 0. The highest BCUT2D eigenvalue weighted by molar-refractivity contribution is 5.79. The lowest BCUT2D eigenvalue weighted by molar-refractivity contribution is 0.0532. The maximum Gasteiger partial charge on any atom is 0.245 e. The van der Waals surface area contributed by atoms with Crippen molar-refractivity contribution in [2.45, 2.75) is 65.0 Å². The molecule has 0 unspecified atom stereocenters. The first-order valence-corrected chi connectivity index (χ1v) is 9.87. The normalized spacial score (nSPS) is 20.6. The van der Waals surface area contributed by atoms with E-state index < -0.39 is 0 Å². The summed E-state index contributed by atoms with van der Waals surface area (Å²) >= 11 is 0. The van der Waals surface area contributed by atoms with Crippen molar-refractivity contribution < 1.29 is 9.15 Å². The van der Waals surface area contributed by atoms with Crippen LogP contribution in [0.2, 0.25) is 0 Å². The second-order valence-corrected chi connectivity index (χ2v) is 8.01. The molecule has 1 aliphatic rings. The Labute approximate surface area is 160 Å². The first-order chi connectivity index (χ1) is 13.0. The van der Waals surface area contributed by atoms with Gasteiger partial charge in [-0.05, 0) is 44.6 Å². The summed E-state index contributed by atoms with van der Waals surface area (Å²) < 4.78 is 13.8. The van der Waals surface area contributed by atoms with Gasteiger partial charge in [0.2, 0.25) is 5.89 Å². The third-order valence-electron chi connectivity index (χ3n) is 5.38. The van der Waals surface area contributed by atoms with Crippen LogP contribution in [0.1, 0.15) is 57.2 Å². The van der Waals surface area contributed by atoms with Gasteiger partial charge >= 0.3 is 0 Å². The number of methoxy groups -OCH3 is 1. The van der Waals surface area contributed by atoms with Gasteiger partial charge in [-0.3, -0.25) is 0 Å². The van der Waals surface area contributed by atoms with E-state index in [4.69, 9.17) is 14.1 Å². The average Bonchev–Trinajstić information content (AvgIpc) is 3.23. The molecule has 1 fully saturated rings. The Bertz CT molecular complexity index is 928. The molecule has 0 spiro atoms. The molecule has 0 aliphatic heterocycles. The Kier molecular flexibility index (Phi) is 5.00. The minimum absolute atomic E-state index is 0.323. The molecule has 0 saturated heterocycles. The molecule has 2 atom stereocenters. The average molecular weight is 368 g/mol. The molecule has 1 saturated carbocycles. The third kappa shape index (κ3) is 3.63. The van der Waals surface area contributed by atoms with E-state index in [-0.39, 0.29) is 0 Å². The molecule has 0 radical (unpaired) electrons. The summed E-state index contributed by atoms with van der Waals surface area (Å²) in [7, 11) is 1.82. The van der Waals surface area contributed by atoms with Crippen LogP contribution < -0.4 is 0 Å². The maximum absolute atomic E-state index is 5.69. The fourth-order valence-electron chi connectivity index (χ4n) is 4.12. The van der Waals surface area contributed by atoms with Gasteiger partial charge in [0.25, 0.3) is 0 Å². The van der Waals surface area contributed by atoms with E-state index in [1.807, 2.05) is 20.2 Å². The zero-order valence-corrected chi connectivity index (χ0v) is 16.6. The highest BCUT2D eigenvalue weighted by atomic mass is 16.5. The molecular formula is C21H28N4O2. The molecule has 144 valence electrons. The van der Waals surface area contributed by atoms with Crippen LogP contribution in [0.15, 0.2) is 22.9 Å². The van der Waals surface area contributed by atoms with E-state index in [0.717, 1.165) is 54.0 Å². The number of imidazole rings is 1. The fraction of sp³-hybridized carbons (Fsp3) is 0.571. The largest absolute Gasteiger partial charge is 0.440 e. The number of hydrogen-bond donors (Lipinski definition) is 0. The second-order valence-electron chi connectivity index (χ2n) is 8.01. The lowest BCUT2D eigenvalue weighted by Gasteiger charge is -2.31. The van der Waals surface area contributed by atoms with Crippen molar-refractivity contribution in [1.82, 2.24) is 19.5 Å². The van der Waals surface area contributed by atoms with Crippen molar-refractivity contribution in [2.24, 2.45) is 5.92 Å². The standard InChI is InChI=1S/C21H28N4O2/c1-13(2)8-20-24-18-12-22-17(21-23-11-14(3)27-21)10-19(18)25(20)15-6-5-7-16(9-15)26-4/h10-13,15-16H,5-9H2,1-4H3/t15-,16-/m1/s1. The zero-order chi connectivity index (χ0) is 19.0. The molecule has 0 amide bonds. The van der Waals surface area contributed by atoms with Crippen molar-refractivity contribution in [3.05, 3.63) is 30.0 Å². The van der Waals surface area contributed by atoms with Crippen molar-refractivity contribution in [3.63, 3.8) is 0 Å². The predicted molar refractivity (Wildman–Crippen MR) is 105 cm³/mol. The highest BCUT2D eigenvalue weighted by Gasteiger charge is 2.27. The summed E-state index contributed by atoms with van der Waals surface area (Å²) in [5.74, 6) is 3.04. The van der Waals surface area contributed by atoms with Gasteiger partial charge < -0.3 is 13.7 Å². The molecule has 3 aromatic rings. The topological polar surface area (TPSA) is 66.0 Å². The van der Waals surface area contributed by atoms with Crippen LogP contribution in [0.3, 0.4) is 0 Å². The molecule has 27 heavy (non-hydrogen) atoms. The van der Waals surface area contributed by atoms with Crippen LogP contribution in [0.5, 0.6) is 0 Å². The lowest BCUT2D eigenvalue weighted by atomic mass is 9.92. The molecule has 3 heterocycles. The van der Waals surface area contributed by atoms with E-state index in [0.29, 0.717) is 24.0 Å². The Morgan fingerprint density at radius 3 is 2.81 bits per heavy atom. The number of oxazole rings is 1. The smallest absolute Gasteiger partial charge is 0.245 e. The van der Waals surface area contributed by atoms with Crippen LogP contribution in [0.25, 0.3) is 22.6 Å². The number of ether oxygens (including phenoxy) is 1. The van der Waals surface area contributed by atoms with Crippen LogP contribution in [0.4, 0.5) is 0 Å². The van der Waals surface area contributed by atoms with Crippen LogP contribution >= 0.6 is 0 Å². The molecule has 6 heteroatoms. The molecule has 0 aromatic carbocycles. The Balaban J connectivity index is 1.81. The molecule has 0 N–H and O–H groups in total. The van der Waals surface area contributed by atoms with E-state index in [9.17, 15) is 0 Å². The van der Waals surface area contributed by atoms with Gasteiger partial charge in [0.05, 0.1) is 24.0 Å². The predicted octanol–water partition coefficient (Wildman–Crippen LogP) is 4.72. The third-order valence-corrected chi connectivity index (χ3v) is 5.38. The van der Waals surface area contributed by atoms with Gasteiger partial charge in [-0.1, -0.05) is 13.8 Å². The number of nitrogens with zero attached hydrogens (tertiary/aromatic N) is 4. The number of fused-ring (bicyclic) bond motifs is 1. The Morgan fingerprint density at radius 1 is 1.26 bits per heavy atom. The number of pyridine rings is 1. The van der Waals surface area contributed by atoms with Crippen LogP contribution in [-0.2, 0) is 11.2 Å². The quantitative estimate of drug-likeness (QED) is 0.652. The summed E-state index contributed by atoms with van der Waals surface area (Å²) in [6, 6.07) is 2.48. The summed E-state index contributed by atoms with van der Waals surface area (Å²) in [5.41, 5.74) is 2.82. The Hall–Kier alpha value is -2.21. The van der Waals surface area contributed by atoms with Crippen LogP contribution in [0, 0.1) is 12.8 Å². The number of hydrogen-bond acceptors (Lipinski definition) is 5. The number of rotatable bonds is 5. The molecule has 6 nitrogen and oxygen atoms in total. The first kappa shape index (κ1) is 18.2. The second kappa shape index (κ2) is 7.43. The monoisotopic (exact) mass is 368 g/mol. The van der Waals surface area contributed by atoms with E-state index in [2.05, 4.69) is 34.4 Å². The zero-order valence-electron chi connectivity index (χ0n) is 16.6. The van der Waals surface area contributed by atoms with E-state index >= 15 is 0 Å². The molecule has 0 bridgehead atoms. The first-order valence-electron chi connectivity index (χ1n) is 9.87. The number of aromatic nitrogens is 4. The molecular weight excluding hydrogens is 340 g/mol. The minimum Gasteiger partial charge on any atom is -0.440 e. The van der Waals surface area contributed by atoms with Gasteiger partial charge in [0.15, 0.2) is 0 Å². The van der Waals surface area contributed by atoms with Gasteiger partial charge in [0.1, 0.15) is 22.8 Å². The van der Waals surface area contributed by atoms with Crippen molar-refractivity contribution in [1.29, 1.82) is 0 Å².